The second kappa shape index (κ2) is 8.29. The Morgan fingerprint density at radius 3 is 2.61 bits per heavy atom. The first-order valence-corrected chi connectivity index (χ1v) is 9.50. The van der Waals surface area contributed by atoms with Crippen molar-refractivity contribution in [1.82, 2.24) is 4.90 Å². The lowest BCUT2D eigenvalue weighted by Crippen LogP contribution is -2.52. The molecule has 0 spiro atoms. The van der Waals surface area contributed by atoms with Gasteiger partial charge in [-0.1, -0.05) is 47.1 Å². The standard InChI is InChI=1S/C20H24F2N4O2/c21-19(22)10-6-17(14-19)20(28,16-4-2-1-3-5-16)18(27)26-12-8-15(9-13-26)7-11-24-25-23/h1-5,7,17,28H,6,8-14H2/t17-,20?/m1/s1. The average molecular weight is 390 g/mol. The molecule has 1 heterocycles. The molecule has 28 heavy (non-hydrogen) atoms. The second-order valence-corrected chi connectivity index (χ2v) is 7.50. The lowest BCUT2D eigenvalue weighted by molar-refractivity contribution is -0.161. The van der Waals surface area contributed by atoms with Crippen molar-refractivity contribution >= 4 is 5.91 Å². The largest absolute Gasteiger partial charge is 0.375 e. The minimum absolute atomic E-state index is 0.106. The van der Waals surface area contributed by atoms with Crippen molar-refractivity contribution in [3.05, 3.63) is 58.0 Å². The van der Waals surface area contributed by atoms with Gasteiger partial charge in [0.15, 0.2) is 5.60 Å². The fraction of sp³-hybridized carbons (Fsp3) is 0.550. The van der Waals surface area contributed by atoms with Crippen LogP contribution in [0.4, 0.5) is 8.78 Å². The summed E-state index contributed by atoms with van der Waals surface area (Å²) in [6.45, 7) is 1.07. The van der Waals surface area contributed by atoms with Gasteiger partial charge in [-0.05, 0) is 30.4 Å². The minimum atomic E-state index is -2.85. The zero-order chi connectivity index (χ0) is 20.2. The maximum atomic E-state index is 13.9. The Labute approximate surface area is 162 Å². The fourth-order valence-electron chi connectivity index (χ4n) is 4.18. The van der Waals surface area contributed by atoms with Crippen LogP contribution >= 0.6 is 0 Å². The van der Waals surface area contributed by atoms with Crippen LogP contribution < -0.4 is 0 Å². The van der Waals surface area contributed by atoms with E-state index < -0.39 is 29.8 Å². The number of hydrogen-bond donors (Lipinski definition) is 1. The second-order valence-electron chi connectivity index (χ2n) is 7.50. The van der Waals surface area contributed by atoms with Crippen LogP contribution in [0.1, 0.15) is 37.7 Å². The number of alkyl halides is 2. The first kappa shape index (κ1) is 20.3. The minimum Gasteiger partial charge on any atom is -0.375 e. The Hall–Kier alpha value is -2.44. The Morgan fingerprint density at radius 2 is 2.04 bits per heavy atom. The zero-order valence-corrected chi connectivity index (χ0v) is 15.6. The number of aliphatic hydroxyl groups is 1. The van der Waals surface area contributed by atoms with Gasteiger partial charge in [0, 0.05) is 43.3 Å². The van der Waals surface area contributed by atoms with Crippen molar-refractivity contribution in [1.29, 1.82) is 0 Å². The van der Waals surface area contributed by atoms with Crippen LogP contribution in [0.25, 0.3) is 10.4 Å². The summed E-state index contributed by atoms with van der Waals surface area (Å²) < 4.78 is 27.7. The highest BCUT2D eigenvalue weighted by Gasteiger charge is 2.54. The Balaban J connectivity index is 1.81. The summed E-state index contributed by atoms with van der Waals surface area (Å²) in [5.41, 5.74) is 7.85. The quantitative estimate of drug-likeness (QED) is 0.354. The van der Waals surface area contributed by atoms with Crippen molar-refractivity contribution in [3.8, 4) is 0 Å². The summed E-state index contributed by atoms with van der Waals surface area (Å²) in [4.78, 5) is 17.6. The van der Waals surface area contributed by atoms with E-state index in [0.29, 0.717) is 31.5 Å². The molecule has 2 fully saturated rings. The van der Waals surface area contributed by atoms with Crippen LogP contribution in [-0.4, -0.2) is 41.5 Å². The van der Waals surface area contributed by atoms with Gasteiger partial charge < -0.3 is 10.0 Å². The number of halogens is 2. The van der Waals surface area contributed by atoms with Crippen molar-refractivity contribution in [2.24, 2.45) is 11.0 Å². The number of hydrogen-bond acceptors (Lipinski definition) is 3. The van der Waals surface area contributed by atoms with E-state index in [-0.39, 0.29) is 19.4 Å². The van der Waals surface area contributed by atoms with Gasteiger partial charge in [-0.15, -0.1) is 0 Å². The topological polar surface area (TPSA) is 89.3 Å². The van der Waals surface area contributed by atoms with Crippen molar-refractivity contribution in [3.63, 3.8) is 0 Å². The maximum Gasteiger partial charge on any atom is 0.259 e. The van der Waals surface area contributed by atoms with E-state index in [4.69, 9.17) is 5.53 Å². The number of azide groups is 1. The van der Waals surface area contributed by atoms with E-state index in [2.05, 4.69) is 10.0 Å². The molecule has 3 rings (SSSR count). The molecular formula is C20H24F2N4O2. The normalized spacial score (nSPS) is 23.6. The number of nitrogens with zero attached hydrogens (tertiary/aromatic N) is 4. The average Bonchev–Trinajstić information content (AvgIpc) is 3.08. The summed E-state index contributed by atoms with van der Waals surface area (Å²) in [5.74, 6) is -4.18. The summed E-state index contributed by atoms with van der Waals surface area (Å²) in [5, 5.41) is 15.0. The van der Waals surface area contributed by atoms with E-state index in [0.717, 1.165) is 5.57 Å². The molecule has 1 N–H and O–H groups in total. The van der Waals surface area contributed by atoms with Crippen LogP contribution in [-0.2, 0) is 10.4 Å². The predicted molar refractivity (Wildman–Crippen MR) is 101 cm³/mol. The number of amides is 1. The number of carbonyl (C=O) groups is 1. The highest BCUT2D eigenvalue weighted by molar-refractivity contribution is 5.87. The highest BCUT2D eigenvalue weighted by Crippen LogP contribution is 2.48. The van der Waals surface area contributed by atoms with Gasteiger partial charge in [-0.2, -0.15) is 0 Å². The molecule has 1 unspecified atom stereocenters. The molecular weight excluding hydrogens is 366 g/mol. The van der Waals surface area contributed by atoms with Crippen LogP contribution in [0.3, 0.4) is 0 Å². The Kier molecular flexibility index (Phi) is 6.01. The third kappa shape index (κ3) is 4.18. The number of benzene rings is 1. The van der Waals surface area contributed by atoms with Gasteiger partial charge in [0.1, 0.15) is 0 Å². The lowest BCUT2D eigenvalue weighted by Gasteiger charge is -2.39. The molecule has 1 amide bonds. The SMILES string of the molecule is [N-]=[N+]=NCC=C1CCN(C(=O)C(O)(c2ccccc2)[C@@H]2CCC(F)(F)C2)CC1. The van der Waals surface area contributed by atoms with Crippen molar-refractivity contribution in [2.75, 3.05) is 19.6 Å². The molecule has 150 valence electrons. The van der Waals surface area contributed by atoms with Gasteiger partial charge in [0.05, 0.1) is 0 Å². The van der Waals surface area contributed by atoms with Gasteiger partial charge in [0.25, 0.3) is 5.91 Å². The number of likely N-dealkylation sites (tertiary alicyclic amines) is 1. The smallest absolute Gasteiger partial charge is 0.259 e. The Morgan fingerprint density at radius 1 is 1.36 bits per heavy atom. The van der Waals surface area contributed by atoms with Gasteiger partial charge in [0.2, 0.25) is 5.92 Å². The zero-order valence-electron chi connectivity index (χ0n) is 15.6. The summed E-state index contributed by atoms with van der Waals surface area (Å²) in [7, 11) is 0. The molecule has 0 radical (unpaired) electrons. The first-order valence-electron chi connectivity index (χ1n) is 9.50. The predicted octanol–water partition coefficient (Wildman–Crippen LogP) is 4.17. The third-order valence-electron chi connectivity index (χ3n) is 5.75. The van der Waals surface area contributed by atoms with E-state index in [1.165, 1.54) is 0 Å². The lowest BCUT2D eigenvalue weighted by atomic mass is 9.78. The molecule has 6 nitrogen and oxygen atoms in total. The highest BCUT2D eigenvalue weighted by atomic mass is 19.3. The molecule has 0 aromatic heterocycles. The van der Waals surface area contributed by atoms with E-state index in [1.54, 1.807) is 35.2 Å². The van der Waals surface area contributed by atoms with E-state index in [9.17, 15) is 18.7 Å². The first-order chi connectivity index (χ1) is 13.4. The van der Waals surface area contributed by atoms with E-state index in [1.807, 2.05) is 6.08 Å². The van der Waals surface area contributed by atoms with Gasteiger partial charge in [-0.3, -0.25) is 4.79 Å². The van der Waals surface area contributed by atoms with Crippen LogP contribution in [0.15, 0.2) is 47.1 Å². The van der Waals surface area contributed by atoms with Crippen LogP contribution in [0.5, 0.6) is 0 Å². The van der Waals surface area contributed by atoms with Crippen molar-refractivity contribution < 1.29 is 18.7 Å². The molecule has 2 atom stereocenters. The van der Waals surface area contributed by atoms with Crippen LogP contribution in [0, 0.1) is 5.92 Å². The molecule has 1 aliphatic heterocycles. The Bertz CT molecular complexity index is 783. The van der Waals surface area contributed by atoms with E-state index >= 15 is 0 Å². The van der Waals surface area contributed by atoms with Crippen molar-refractivity contribution in [2.45, 2.75) is 43.6 Å². The molecule has 0 bridgehead atoms. The molecule has 2 aliphatic rings. The number of piperidine rings is 1. The monoisotopic (exact) mass is 390 g/mol. The van der Waals surface area contributed by atoms with Gasteiger partial charge in [-0.25, -0.2) is 8.78 Å². The maximum absolute atomic E-state index is 13.9. The number of rotatable bonds is 5. The third-order valence-corrected chi connectivity index (χ3v) is 5.75. The molecule has 8 heteroatoms. The molecule has 1 saturated carbocycles. The van der Waals surface area contributed by atoms with Crippen LogP contribution in [0.2, 0.25) is 0 Å². The fourth-order valence-corrected chi connectivity index (χ4v) is 4.18. The molecule has 1 aromatic rings. The number of carbonyl (C=O) groups excluding carboxylic acids is 1. The summed E-state index contributed by atoms with van der Waals surface area (Å²) >= 11 is 0. The summed E-state index contributed by atoms with van der Waals surface area (Å²) in [6, 6.07) is 8.42. The molecule has 1 aromatic carbocycles. The molecule has 1 aliphatic carbocycles. The van der Waals surface area contributed by atoms with Gasteiger partial charge >= 0.3 is 0 Å². The molecule has 1 saturated heterocycles. The summed E-state index contributed by atoms with van der Waals surface area (Å²) in [6.07, 6.45) is 2.37.